The van der Waals surface area contributed by atoms with Gasteiger partial charge < -0.3 is 14.4 Å². The van der Waals surface area contributed by atoms with Gasteiger partial charge in [-0.15, -0.1) is 0 Å². The predicted octanol–water partition coefficient (Wildman–Crippen LogP) is 2.63. The van der Waals surface area contributed by atoms with E-state index < -0.39 is 42.0 Å². The third-order valence-corrected chi connectivity index (χ3v) is 8.49. The summed E-state index contributed by atoms with van der Waals surface area (Å²) in [7, 11) is -6.61. The highest BCUT2D eigenvalue weighted by atomic mass is 35.5. The van der Waals surface area contributed by atoms with Crippen molar-refractivity contribution in [3.05, 3.63) is 35.0 Å². The zero-order valence-corrected chi connectivity index (χ0v) is 20.4. The number of halogens is 4. The third-order valence-electron chi connectivity index (χ3n) is 4.99. The molecule has 9 nitrogen and oxygen atoms in total. The van der Waals surface area contributed by atoms with Gasteiger partial charge in [0.2, 0.25) is 15.0 Å². The van der Waals surface area contributed by atoms with Crippen LogP contribution in [-0.4, -0.2) is 71.7 Å². The van der Waals surface area contributed by atoms with Crippen molar-refractivity contribution < 1.29 is 39.5 Å². The maximum absolute atomic E-state index is 13.3. The fourth-order valence-corrected chi connectivity index (χ4v) is 6.06. The lowest BCUT2D eigenvalue weighted by Gasteiger charge is -2.20. The smallest absolute Gasteiger partial charge is 0.433 e. The number of ether oxygens (including phenoxy) is 2. The van der Waals surface area contributed by atoms with Gasteiger partial charge in [0.1, 0.15) is 18.2 Å². The van der Waals surface area contributed by atoms with Crippen LogP contribution in [0.25, 0.3) is 0 Å². The second-order valence-electron chi connectivity index (χ2n) is 7.50. The lowest BCUT2D eigenvalue weighted by atomic mass is 10.3. The molecule has 1 aromatic heterocycles. The first-order chi connectivity index (χ1) is 15.7. The molecule has 1 atom stereocenters. The van der Waals surface area contributed by atoms with Gasteiger partial charge in [-0.2, -0.15) is 13.2 Å². The average molecular weight is 544 g/mol. The molecule has 1 fully saturated rings. The standard InChI is InChI=1S/C19H21ClF3N3O6S2/c1-31-7-8-32-12-3-4-15(14(20)9-12)34(29,30)13-5-6-26(11-13)17-10-16(19(21,22)23)24-18(25-17)33(2,27)28/h3-4,9-10,13H,5-8,11H2,1-2H3. The first kappa shape index (κ1) is 26.4. The highest BCUT2D eigenvalue weighted by Gasteiger charge is 2.39. The Morgan fingerprint density at radius 3 is 2.44 bits per heavy atom. The van der Waals surface area contributed by atoms with Gasteiger partial charge in [-0.1, -0.05) is 11.6 Å². The quantitative estimate of drug-likeness (QED) is 0.366. The van der Waals surface area contributed by atoms with Crippen molar-refractivity contribution in [3.63, 3.8) is 0 Å². The molecule has 0 saturated carbocycles. The number of hydrogen-bond donors (Lipinski definition) is 0. The Hall–Kier alpha value is -2.16. The minimum atomic E-state index is -4.91. The minimum Gasteiger partial charge on any atom is -0.491 e. The summed E-state index contributed by atoms with van der Waals surface area (Å²) < 4.78 is 100.0. The summed E-state index contributed by atoms with van der Waals surface area (Å²) in [5.41, 5.74) is -1.43. The van der Waals surface area contributed by atoms with Crippen LogP contribution in [0.2, 0.25) is 5.02 Å². The minimum absolute atomic E-state index is 0.0389. The van der Waals surface area contributed by atoms with E-state index >= 15 is 0 Å². The molecular formula is C19H21ClF3N3O6S2. The summed E-state index contributed by atoms with van der Waals surface area (Å²) in [5.74, 6) is 0.0245. The fourth-order valence-electron chi connectivity index (χ4n) is 3.30. The molecule has 1 saturated heterocycles. The second-order valence-corrected chi connectivity index (χ2v) is 12.0. The molecule has 3 rings (SSSR count). The Morgan fingerprint density at radius 1 is 1.15 bits per heavy atom. The number of nitrogens with zero attached hydrogens (tertiary/aromatic N) is 3. The highest BCUT2D eigenvalue weighted by molar-refractivity contribution is 7.92. The summed E-state index contributed by atoms with van der Waals surface area (Å²) in [6.07, 6.45) is -4.15. The molecule has 1 aliphatic rings. The van der Waals surface area contributed by atoms with Gasteiger partial charge in [0, 0.05) is 38.6 Å². The molecule has 0 aliphatic carbocycles. The molecule has 2 aromatic rings. The SMILES string of the molecule is COCCOc1ccc(S(=O)(=O)C2CCN(c3cc(C(F)(F)F)nc(S(C)(=O)=O)n3)C2)c(Cl)c1. The van der Waals surface area contributed by atoms with E-state index in [4.69, 9.17) is 21.1 Å². The number of hydrogen-bond acceptors (Lipinski definition) is 9. The molecule has 1 aromatic carbocycles. The van der Waals surface area contributed by atoms with Gasteiger partial charge >= 0.3 is 6.18 Å². The predicted molar refractivity (Wildman–Crippen MR) is 117 cm³/mol. The third kappa shape index (κ3) is 5.90. The molecular weight excluding hydrogens is 523 g/mol. The number of aromatic nitrogens is 2. The molecule has 0 radical (unpaired) electrons. The lowest BCUT2D eigenvalue weighted by Crippen LogP contribution is -2.28. The molecule has 34 heavy (non-hydrogen) atoms. The summed E-state index contributed by atoms with van der Waals surface area (Å²) in [5, 5.41) is -2.05. The molecule has 1 unspecified atom stereocenters. The van der Waals surface area contributed by atoms with E-state index in [9.17, 15) is 30.0 Å². The monoisotopic (exact) mass is 543 g/mol. The van der Waals surface area contributed by atoms with Crippen LogP contribution in [-0.2, 0) is 30.6 Å². The first-order valence-electron chi connectivity index (χ1n) is 9.80. The maximum Gasteiger partial charge on any atom is 0.433 e. The summed E-state index contributed by atoms with van der Waals surface area (Å²) in [4.78, 5) is 7.98. The van der Waals surface area contributed by atoms with E-state index in [1.165, 1.54) is 30.2 Å². The molecule has 2 heterocycles. The van der Waals surface area contributed by atoms with Crippen LogP contribution in [0.15, 0.2) is 34.3 Å². The Balaban J connectivity index is 1.86. The van der Waals surface area contributed by atoms with E-state index in [1.807, 2.05) is 0 Å². The van der Waals surface area contributed by atoms with Crippen LogP contribution in [0.4, 0.5) is 19.0 Å². The Kier molecular flexibility index (Phi) is 7.65. The van der Waals surface area contributed by atoms with Crippen LogP contribution >= 0.6 is 11.6 Å². The molecule has 0 amide bonds. The summed E-state index contributed by atoms with van der Waals surface area (Å²) in [6.45, 7) is 0.403. The van der Waals surface area contributed by atoms with Crippen LogP contribution in [0.1, 0.15) is 12.1 Å². The number of benzene rings is 1. The molecule has 0 spiro atoms. The van der Waals surface area contributed by atoms with Crippen molar-refractivity contribution in [2.24, 2.45) is 0 Å². The Morgan fingerprint density at radius 2 is 1.85 bits per heavy atom. The van der Waals surface area contributed by atoms with E-state index in [0.29, 0.717) is 24.7 Å². The normalized spacial score (nSPS) is 17.2. The van der Waals surface area contributed by atoms with Gasteiger partial charge in [-0.3, -0.25) is 0 Å². The van der Waals surface area contributed by atoms with Crippen LogP contribution in [0.3, 0.4) is 0 Å². The second kappa shape index (κ2) is 9.84. The van der Waals surface area contributed by atoms with Crippen LogP contribution < -0.4 is 9.64 Å². The van der Waals surface area contributed by atoms with Gasteiger partial charge in [0.15, 0.2) is 15.5 Å². The zero-order valence-electron chi connectivity index (χ0n) is 18.0. The summed E-state index contributed by atoms with van der Waals surface area (Å²) >= 11 is 6.18. The zero-order chi connectivity index (χ0) is 25.3. The van der Waals surface area contributed by atoms with Crippen molar-refractivity contribution in [2.45, 2.75) is 27.9 Å². The average Bonchev–Trinajstić information content (AvgIpc) is 3.23. The van der Waals surface area contributed by atoms with Gasteiger partial charge in [0.25, 0.3) is 0 Å². The Labute approximate surface area is 199 Å². The van der Waals surface area contributed by atoms with Crippen molar-refractivity contribution in [1.29, 1.82) is 0 Å². The fraction of sp³-hybridized carbons (Fsp3) is 0.474. The molecule has 188 valence electrons. The van der Waals surface area contributed by atoms with E-state index in [2.05, 4.69) is 9.97 Å². The van der Waals surface area contributed by atoms with Crippen molar-refractivity contribution >= 4 is 37.1 Å². The molecule has 1 aliphatic heterocycles. The van der Waals surface area contributed by atoms with Crippen molar-refractivity contribution in [1.82, 2.24) is 9.97 Å². The number of anilines is 1. The maximum atomic E-state index is 13.3. The van der Waals surface area contributed by atoms with Crippen molar-refractivity contribution in [2.75, 3.05) is 44.6 Å². The lowest BCUT2D eigenvalue weighted by molar-refractivity contribution is -0.141. The molecule has 15 heteroatoms. The van der Waals surface area contributed by atoms with Crippen LogP contribution in [0, 0.1) is 0 Å². The van der Waals surface area contributed by atoms with Crippen molar-refractivity contribution in [3.8, 4) is 5.75 Å². The van der Waals surface area contributed by atoms with Gasteiger partial charge in [0.05, 0.1) is 21.8 Å². The van der Waals surface area contributed by atoms with E-state index in [1.54, 1.807) is 0 Å². The van der Waals surface area contributed by atoms with E-state index in [-0.39, 0.29) is 41.9 Å². The molecule has 0 bridgehead atoms. The molecule has 0 N–H and O–H groups in total. The largest absolute Gasteiger partial charge is 0.491 e. The van der Waals surface area contributed by atoms with Gasteiger partial charge in [-0.05, 0) is 18.6 Å². The van der Waals surface area contributed by atoms with Gasteiger partial charge in [-0.25, -0.2) is 26.8 Å². The van der Waals surface area contributed by atoms with E-state index in [0.717, 1.165) is 0 Å². The topological polar surface area (TPSA) is 116 Å². The van der Waals surface area contributed by atoms with Crippen LogP contribution in [0.5, 0.6) is 5.75 Å². The Bertz CT molecular complexity index is 1270. The number of methoxy groups -OCH3 is 1. The highest BCUT2D eigenvalue weighted by Crippen LogP contribution is 2.35. The number of sulfone groups is 2. The number of rotatable bonds is 8. The first-order valence-corrected chi connectivity index (χ1v) is 13.6. The number of alkyl halides is 3. The summed E-state index contributed by atoms with van der Waals surface area (Å²) in [6, 6.07) is 4.70.